The SMILES string of the molecule is NCC(=O)NCCNc1ccc2c(c1)C(=Cc1ccnc3ccccc13)C(=O)N2. The van der Waals surface area contributed by atoms with Gasteiger partial charge in [-0.2, -0.15) is 0 Å². The van der Waals surface area contributed by atoms with E-state index in [9.17, 15) is 9.59 Å². The number of carbonyl (C=O) groups excluding carboxylic acids is 2. The molecular weight excluding hydrogens is 366 g/mol. The lowest BCUT2D eigenvalue weighted by atomic mass is 10.0. The van der Waals surface area contributed by atoms with E-state index in [-0.39, 0.29) is 18.4 Å². The van der Waals surface area contributed by atoms with Crippen molar-refractivity contribution in [2.45, 2.75) is 0 Å². The van der Waals surface area contributed by atoms with Crippen LogP contribution in [0.15, 0.2) is 54.7 Å². The summed E-state index contributed by atoms with van der Waals surface area (Å²) in [5.41, 5.74) is 10.2. The van der Waals surface area contributed by atoms with E-state index in [2.05, 4.69) is 20.9 Å². The van der Waals surface area contributed by atoms with Gasteiger partial charge >= 0.3 is 0 Å². The van der Waals surface area contributed by atoms with Crippen molar-refractivity contribution in [2.24, 2.45) is 5.73 Å². The summed E-state index contributed by atoms with van der Waals surface area (Å²) in [7, 11) is 0. The van der Waals surface area contributed by atoms with E-state index in [1.165, 1.54) is 0 Å². The van der Waals surface area contributed by atoms with Crippen LogP contribution in [0.2, 0.25) is 0 Å². The van der Waals surface area contributed by atoms with Gasteiger partial charge in [-0.05, 0) is 42.0 Å². The second-order valence-corrected chi connectivity index (χ2v) is 6.67. The first kappa shape index (κ1) is 18.6. The molecule has 0 aliphatic carbocycles. The van der Waals surface area contributed by atoms with Crippen LogP contribution in [-0.2, 0) is 9.59 Å². The van der Waals surface area contributed by atoms with Crippen LogP contribution in [-0.4, -0.2) is 36.4 Å². The molecule has 7 nitrogen and oxygen atoms in total. The third kappa shape index (κ3) is 3.95. The first-order valence-corrected chi connectivity index (χ1v) is 9.37. The summed E-state index contributed by atoms with van der Waals surface area (Å²) in [6.07, 6.45) is 3.65. The van der Waals surface area contributed by atoms with Gasteiger partial charge in [0.15, 0.2) is 0 Å². The van der Waals surface area contributed by atoms with E-state index >= 15 is 0 Å². The summed E-state index contributed by atoms with van der Waals surface area (Å²) in [6.45, 7) is 1.00. The Hall–Kier alpha value is -3.71. The lowest BCUT2D eigenvalue weighted by Gasteiger charge is -2.09. The van der Waals surface area contributed by atoms with E-state index in [0.29, 0.717) is 18.7 Å². The van der Waals surface area contributed by atoms with Crippen molar-refractivity contribution >= 4 is 45.7 Å². The molecule has 0 spiro atoms. The van der Waals surface area contributed by atoms with E-state index in [0.717, 1.165) is 33.4 Å². The fourth-order valence-corrected chi connectivity index (χ4v) is 3.32. The highest BCUT2D eigenvalue weighted by Gasteiger charge is 2.24. The van der Waals surface area contributed by atoms with Gasteiger partial charge in [0.05, 0.1) is 12.1 Å². The van der Waals surface area contributed by atoms with Crippen molar-refractivity contribution in [3.05, 3.63) is 65.9 Å². The molecule has 5 N–H and O–H groups in total. The molecule has 0 unspecified atom stereocenters. The predicted molar refractivity (Wildman–Crippen MR) is 115 cm³/mol. The second-order valence-electron chi connectivity index (χ2n) is 6.67. The average Bonchev–Trinajstić information content (AvgIpc) is 3.06. The first-order valence-electron chi connectivity index (χ1n) is 9.37. The van der Waals surface area contributed by atoms with Crippen LogP contribution in [0.1, 0.15) is 11.1 Å². The molecule has 0 fully saturated rings. The number of nitrogens with one attached hydrogen (secondary N) is 3. The number of hydrogen-bond acceptors (Lipinski definition) is 5. The van der Waals surface area contributed by atoms with Crippen molar-refractivity contribution in [3.8, 4) is 0 Å². The van der Waals surface area contributed by atoms with Gasteiger partial charge in [0.1, 0.15) is 0 Å². The minimum atomic E-state index is -0.189. The van der Waals surface area contributed by atoms with Gasteiger partial charge < -0.3 is 21.7 Å². The maximum Gasteiger partial charge on any atom is 0.256 e. The predicted octanol–water partition coefficient (Wildman–Crippen LogP) is 2.21. The van der Waals surface area contributed by atoms with Crippen LogP contribution >= 0.6 is 0 Å². The second kappa shape index (κ2) is 8.12. The van der Waals surface area contributed by atoms with E-state index in [1.807, 2.05) is 54.6 Å². The van der Waals surface area contributed by atoms with Crippen LogP contribution in [0.4, 0.5) is 11.4 Å². The number of pyridine rings is 1. The molecule has 0 atom stereocenters. The molecule has 2 aromatic carbocycles. The Bertz CT molecular complexity index is 1120. The van der Waals surface area contributed by atoms with Crippen LogP contribution in [0.25, 0.3) is 22.6 Å². The maximum atomic E-state index is 12.6. The number of carbonyl (C=O) groups is 2. The summed E-state index contributed by atoms with van der Waals surface area (Å²) in [6, 6.07) is 15.5. The summed E-state index contributed by atoms with van der Waals surface area (Å²) < 4.78 is 0. The molecule has 0 radical (unpaired) electrons. The zero-order valence-corrected chi connectivity index (χ0v) is 15.7. The topological polar surface area (TPSA) is 109 Å². The Morgan fingerprint density at radius 2 is 2.00 bits per heavy atom. The number of para-hydroxylation sites is 1. The Morgan fingerprint density at radius 1 is 1.14 bits per heavy atom. The lowest BCUT2D eigenvalue weighted by Crippen LogP contribution is -2.33. The van der Waals surface area contributed by atoms with Crippen LogP contribution in [0.3, 0.4) is 0 Å². The Balaban J connectivity index is 1.60. The smallest absolute Gasteiger partial charge is 0.256 e. The molecule has 146 valence electrons. The number of rotatable bonds is 6. The summed E-state index contributed by atoms with van der Waals surface area (Å²) >= 11 is 0. The van der Waals surface area contributed by atoms with Crippen LogP contribution < -0.4 is 21.7 Å². The molecular formula is C22H21N5O2. The molecule has 7 heteroatoms. The third-order valence-electron chi connectivity index (χ3n) is 4.75. The normalized spacial score (nSPS) is 14.0. The van der Waals surface area contributed by atoms with Gasteiger partial charge in [0.25, 0.3) is 5.91 Å². The maximum absolute atomic E-state index is 12.6. The number of nitrogens with zero attached hydrogens (tertiary/aromatic N) is 1. The molecule has 2 heterocycles. The molecule has 2 amide bonds. The monoisotopic (exact) mass is 387 g/mol. The minimum absolute atomic E-state index is 0.0233. The molecule has 29 heavy (non-hydrogen) atoms. The van der Waals surface area contributed by atoms with Gasteiger partial charge in [-0.25, -0.2) is 0 Å². The highest BCUT2D eigenvalue weighted by atomic mass is 16.2. The lowest BCUT2D eigenvalue weighted by molar-refractivity contribution is -0.119. The number of fused-ring (bicyclic) bond motifs is 2. The number of anilines is 2. The van der Waals surface area contributed by atoms with Gasteiger partial charge in [-0.1, -0.05) is 18.2 Å². The van der Waals surface area contributed by atoms with E-state index in [4.69, 9.17) is 5.73 Å². The molecule has 1 aromatic heterocycles. The van der Waals surface area contributed by atoms with Crippen molar-refractivity contribution in [2.75, 3.05) is 30.3 Å². The van der Waals surface area contributed by atoms with Crippen molar-refractivity contribution in [1.82, 2.24) is 10.3 Å². The van der Waals surface area contributed by atoms with Crippen LogP contribution in [0.5, 0.6) is 0 Å². The average molecular weight is 387 g/mol. The van der Waals surface area contributed by atoms with Gasteiger partial charge in [-0.15, -0.1) is 0 Å². The molecule has 3 aromatic rings. The van der Waals surface area contributed by atoms with Crippen molar-refractivity contribution in [1.29, 1.82) is 0 Å². The summed E-state index contributed by atoms with van der Waals surface area (Å²) in [4.78, 5) is 28.2. The fraction of sp³-hybridized carbons (Fsp3) is 0.136. The number of nitrogens with two attached hydrogens (primary N) is 1. The quantitative estimate of drug-likeness (QED) is 0.383. The molecule has 1 aliphatic heterocycles. The summed E-state index contributed by atoms with van der Waals surface area (Å²) in [5, 5.41) is 9.87. The molecule has 0 saturated carbocycles. The molecule has 4 rings (SSSR count). The number of hydrogen-bond donors (Lipinski definition) is 4. The standard InChI is InChI=1S/C22H21N5O2/c23-13-21(28)26-10-9-24-15-5-6-20-17(12-15)18(22(29)27-20)11-14-7-8-25-19-4-2-1-3-16(14)19/h1-8,11-12,24H,9-10,13,23H2,(H,26,28)(H,27,29). The third-order valence-corrected chi connectivity index (χ3v) is 4.75. The number of amides is 2. The van der Waals surface area contributed by atoms with Crippen molar-refractivity contribution < 1.29 is 9.59 Å². The Kier molecular flexibility index (Phi) is 5.22. The highest BCUT2D eigenvalue weighted by molar-refractivity contribution is 6.35. The first-order chi connectivity index (χ1) is 14.2. The molecule has 0 saturated heterocycles. The van der Waals surface area contributed by atoms with E-state index < -0.39 is 0 Å². The highest BCUT2D eigenvalue weighted by Crippen LogP contribution is 2.35. The summed E-state index contributed by atoms with van der Waals surface area (Å²) in [5.74, 6) is -0.321. The van der Waals surface area contributed by atoms with E-state index in [1.54, 1.807) is 6.20 Å². The van der Waals surface area contributed by atoms with Gasteiger partial charge in [-0.3, -0.25) is 14.6 Å². The van der Waals surface area contributed by atoms with Gasteiger partial charge in [0.2, 0.25) is 5.91 Å². The Labute approximate surface area is 168 Å². The molecule has 1 aliphatic rings. The minimum Gasteiger partial charge on any atom is -0.383 e. The van der Waals surface area contributed by atoms with Crippen LogP contribution in [0, 0.1) is 0 Å². The Morgan fingerprint density at radius 3 is 2.86 bits per heavy atom. The van der Waals surface area contributed by atoms with Gasteiger partial charge in [0, 0.05) is 47.2 Å². The fourth-order valence-electron chi connectivity index (χ4n) is 3.32. The number of aromatic nitrogens is 1. The largest absolute Gasteiger partial charge is 0.383 e. The number of benzene rings is 2. The zero-order valence-electron chi connectivity index (χ0n) is 15.7. The zero-order chi connectivity index (χ0) is 20.2. The molecule has 0 bridgehead atoms. The van der Waals surface area contributed by atoms with Crippen molar-refractivity contribution in [3.63, 3.8) is 0 Å².